The molecule has 0 aromatic rings. The van der Waals surface area contributed by atoms with E-state index in [0.717, 1.165) is 36.8 Å². The van der Waals surface area contributed by atoms with Crippen LogP contribution in [0.5, 0.6) is 0 Å². The molecule has 4 unspecified atom stereocenters. The van der Waals surface area contributed by atoms with Gasteiger partial charge in [0.25, 0.3) is 0 Å². The van der Waals surface area contributed by atoms with E-state index in [2.05, 4.69) is 18.2 Å². The highest BCUT2D eigenvalue weighted by Gasteiger charge is 2.42. The maximum atomic E-state index is 5.33. The summed E-state index contributed by atoms with van der Waals surface area (Å²) in [6.07, 6.45) is 14.8. The van der Waals surface area contributed by atoms with Gasteiger partial charge in [-0.05, 0) is 56.4 Å². The van der Waals surface area contributed by atoms with Crippen LogP contribution in [0.15, 0.2) is 0 Å². The lowest BCUT2D eigenvalue weighted by atomic mass is 9.81. The first kappa shape index (κ1) is 12.0. The van der Waals surface area contributed by atoms with Crippen molar-refractivity contribution in [1.29, 1.82) is 0 Å². The van der Waals surface area contributed by atoms with Crippen LogP contribution in [0.1, 0.15) is 51.9 Å². The van der Waals surface area contributed by atoms with Crippen LogP contribution in [-0.4, -0.2) is 12.6 Å². The van der Waals surface area contributed by atoms with Gasteiger partial charge in [0, 0.05) is 12.5 Å². The first-order chi connectivity index (χ1) is 7.85. The van der Waals surface area contributed by atoms with Gasteiger partial charge >= 0.3 is 0 Å². The van der Waals surface area contributed by atoms with Crippen molar-refractivity contribution >= 4 is 0 Å². The Labute approximate surface area is 100 Å². The summed E-state index contributed by atoms with van der Waals surface area (Å²) >= 11 is 0. The van der Waals surface area contributed by atoms with E-state index in [-0.39, 0.29) is 0 Å². The maximum Gasteiger partial charge on any atom is 0.00982 e. The van der Waals surface area contributed by atoms with Gasteiger partial charge in [0.1, 0.15) is 0 Å². The predicted octanol–water partition coefficient (Wildman–Crippen LogP) is 3.20. The topological polar surface area (TPSA) is 12.0 Å². The molecule has 90 valence electrons. The minimum absolute atomic E-state index is 0.744. The summed E-state index contributed by atoms with van der Waals surface area (Å²) in [4.78, 5) is 0. The number of terminal acetylenes is 1. The van der Waals surface area contributed by atoms with E-state index in [0.29, 0.717) is 0 Å². The van der Waals surface area contributed by atoms with E-state index in [1.54, 1.807) is 0 Å². The lowest BCUT2D eigenvalue weighted by molar-refractivity contribution is 0.238. The van der Waals surface area contributed by atoms with Crippen LogP contribution in [0, 0.1) is 30.1 Å². The normalized spacial score (nSPS) is 33.9. The Morgan fingerprint density at radius 3 is 2.81 bits per heavy atom. The highest BCUT2D eigenvalue weighted by molar-refractivity contribution is 4.95. The molecule has 2 fully saturated rings. The highest BCUT2D eigenvalue weighted by atomic mass is 14.9. The number of hydrogen-bond donors (Lipinski definition) is 1. The van der Waals surface area contributed by atoms with Gasteiger partial charge in [0.2, 0.25) is 0 Å². The molecular weight excluding hydrogens is 194 g/mol. The van der Waals surface area contributed by atoms with E-state index >= 15 is 0 Å². The van der Waals surface area contributed by atoms with Gasteiger partial charge in [-0.3, -0.25) is 0 Å². The fourth-order valence-corrected chi connectivity index (χ4v) is 3.94. The van der Waals surface area contributed by atoms with Crippen molar-refractivity contribution in [2.75, 3.05) is 6.54 Å². The summed E-state index contributed by atoms with van der Waals surface area (Å²) in [5, 5.41) is 3.70. The molecular formula is C15H25N. The molecule has 16 heavy (non-hydrogen) atoms. The van der Waals surface area contributed by atoms with E-state index in [9.17, 15) is 0 Å². The predicted molar refractivity (Wildman–Crippen MR) is 69.1 cm³/mol. The third-order valence-corrected chi connectivity index (χ3v) is 4.61. The third-order valence-electron chi connectivity index (χ3n) is 4.61. The summed E-state index contributed by atoms with van der Waals surface area (Å²) in [5.41, 5.74) is 0. The minimum atomic E-state index is 0.744. The molecule has 0 radical (unpaired) electrons. The fraction of sp³-hybridized carbons (Fsp3) is 0.867. The molecule has 4 atom stereocenters. The molecule has 1 N–H and O–H groups in total. The van der Waals surface area contributed by atoms with Crippen molar-refractivity contribution in [2.45, 2.75) is 57.9 Å². The minimum Gasteiger partial charge on any atom is -0.314 e. The average molecular weight is 219 g/mol. The molecule has 2 aliphatic carbocycles. The molecule has 0 aliphatic heterocycles. The Bertz CT molecular complexity index is 253. The zero-order chi connectivity index (χ0) is 11.4. The Kier molecular flexibility index (Phi) is 4.29. The summed E-state index contributed by atoms with van der Waals surface area (Å²) in [7, 11) is 0. The number of hydrogen-bond acceptors (Lipinski definition) is 1. The third kappa shape index (κ3) is 2.61. The molecule has 0 saturated heterocycles. The van der Waals surface area contributed by atoms with E-state index in [1.807, 2.05) is 0 Å². The lowest BCUT2D eigenvalue weighted by Crippen LogP contribution is -2.38. The summed E-state index contributed by atoms with van der Waals surface area (Å²) in [5.74, 6) is 5.80. The van der Waals surface area contributed by atoms with Crippen molar-refractivity contribution in [3.63, 3.8) is 0 Å². The van der Waals surface area contributed by atoms with Crippen LogP contribution >= 0.6 is 0 Å². The second-order valence-corrected chi connectivity index (χ2v) is 5.60. The lowest BCUT2D eigenvalue weighted by Gasteiger charge is -2.31. The van der Waals surface area contributed by atoms with Crippen molar-refractivity contribution in [1.82, 2.24) is 5.32 Å². The standard InChI is InChI=1S/C15H25N/c1-3-5-6-7-15(16-4-2)14-11-12-8-9-13(14)10-12/h1,12-16H,4-11H2,2H3. The van der Waals surface area contributed by atoms with Crippen molar-refractivity contribution < 1.29 is 0 Å². The molecule has 0 amide bonds. The van der Waals surface area contributed by atoms with E-state index in [4.69, 9.17) is 6.42 Å². The Balaban J connectivity index is 1.84. The van der Waals surface area contributed by atoms with Crippen LogP contribution in [0.2, 0.25) is 0 Å². The monoisotopic (exact) mass is 219 g/mol. The second-order valence-electron chi connectivity index (χ2n) is 5.60. The Morgan fingerprint density at radius 1 is 1.38 bits per heavy atom. The van der Waals surface area contributed by atoms with Crippen molar-refractivity contribution in [3.8, 4) is 12.3 Å². The average Bonchev–Trinajstić information content (AvgIpc) is 2.90. The van der Waals surface area contributed by atoms with Gasteiger partial charge in [-0.2, -0.15) is 0 Å². The van der Waals surface area contributed by atoms with Crippen LogP contribution < -0.4 is 5.32 Å². The molecule has 2 rings (SSSR count). The smallest absolute Gasteiger partial charge is 0.00982 e. The fourth-order valence-electron chi connectivity index (χ4n) is 3.94. The van der Waals surface area contributed by atoms with Crippen molar-refractivity contribution in [2.24, 2.45) is 17.8 Å². The highest BCUT2D eigenvalue weighted by Crippen LogP contribution is 2.50. The first-order valence-electron chi connectivity index (χ1n) is 7.02. The summed E-state index contributed by atoms with van der Waals surface area (Å²) < 4.78 is 0. The molecule has 0 aromatic heterocycles. The zero-order valence-corrected chi connectivity index (χ0v) is 10.5. The molecule has 1 heteroatoms. The summed E-state index contributed by atoms with van der Waals surface area (Å²) in [6.45, 7) is 3.33. The molecule has 0 aromatic carbocycles. The van der Waals surface area contributed by atoms with Crippen LogP contribution in [-0.2, 0) is 0 Å². The molecule has 2 aliphatic rings. The van der Waals surface area contributed by atoms with Crippen molar-refractivity contribution in [3.05, 3.63) is 0 Å². The van der Waals surface area contributed by atoms with E-state index < -0.39 is 0 Å². The van der Waals surface area contributed by atoms with Gasteiger partial charge in [-0.15, -0.1) is 12.3 Å². The van der Waals surface area contributed by atoms with Crippen LogP contribution in [0.3, 0.4) is 0 Å². The van der Waals surface area contributed by atoms with Gasteiger partial charge in [-0.25, -0.2) is 0 Å². The molecule has 2 saturated carbocycles. The van der Waals surface area contributed by atoms with Crippen LogP contribution in [0.4, 0.5) is 0 Å². The number of unbranched alkanes of at least 4 members (excludes halogenated alkanes) is 1. The Morgan fingerprint density at radius 2 is 2.25 bits per heavy atom. The van der Waals surface area contributed by atoms with Gasteiger partial charge in [0.15, 0.2) is 0 Å². The molecule has 2 bridgehead atoms. The molecule has 0 heterocycles. The van der Waals surface area contributed by atoms with Gasteiger partial charge < -0.3 is 5.32 Å². The van der Waals surface area contributed by atoms with Crippen LogP contribution in [0.25, 0.3) is 0 Å². The van der Waals surface area contributed by atoms with Gasteiger partial charge in [-0.1, -0.05) is 13.3 Å². The maximum absolute atomic E-state index is 5.33. The zero-order valence-electron chi connectivity index (χ0n) is 10.5. The number of nitrogens with one attached hydrogen (secondary N) is 1. The largest absolute Gasteiger partial charge is 0.314 e. The quantitative estimate of drug-likeness (QED) is 0.534. The van der Waals surface area contributed by atoms with Gasteiger partial charge in [0.05, 0.1) is 0 Å². The number of rotatable bonds is 6. The molecule has 0 spiro atoms. The SMILES string of the molecule is C#CCCCC(NCC)C1CC2CCC1C2. The molecule has 1 nitrogen and oxygen atoms in total. The van der Waals surface area contributed by atoms with E-state index in [1.165, 1.54) is 38.5 Å². The number of fused-ring (bicyclic) bond motifs is 2. The first-order valence-corrected chi connectivity index (χ1v) is 7.02. The second kappa shape index (κ2) is 5.73. The Hall–Kier alpha value is -0.480. The summed E-state index contributed by atoms with van der Waals surface area (Å²) in [6, 6.07) is 0.744.